The quantitative estimate of drug-likeness (QED) is 0.707. The van der Waals surface area contributed by atoms with Gasteiger partial charge in [0.25, 0.3) is 0 Å². The zero-order valence-corrected chi connectivity index (χ0v) is 8.37. The lowest BCUT2D eigenvalue weighted by molar-refractivity contribution is 0.0693. The van der Waals surface area contributed by atoms with E-state index in [9.17, 15) is 4.79 Å². The van der Waals surface area contributed by atoms with E-state index in [1.165, 1.54) is 13.2 Å². The molecule has 0 heterocycles. The second-order valence-electron chi connectivity index (χ2n) is 2.96. The molecule has 0 atom stereocenters. The number of carbonyl (C=O) groups is 1. The van der Waals surface area contributed by atoms with Crippen molar-refractivity contribution in [2.24, 2.45) is 0 Å². The Labute approximate surface area is 86.7 Å². The summed E-state index contributed by atoms with van der Waals surface area (Å²) in [5, 5.41) is 17.7. The average Bonchev–Trinajstić information content (AvgIpc) is 2.21. The molecule has 78 valence electrons. The van der Waals surface area contributed by atoms with Crippen molar-refractivity contribution < 1.29 is 14.6 Å². The van der Waals surface area contributed by atoms with E-state index in [4.69, 9.17) is 20.8 Å². The Morgan fingerprint density at radius 3 is 2.67 bits per heavy atom. The molecular weight excluding hydrogens is 196 g/mol. The topological polar surface area (TPSA) is 96.3 Å². The van der Waals surface area contributed by atoms with Crippen LogP contribution in [0.5, 0.6) is 5.75 Å². The number of nitrogen functional groups attached to an aromatic ring is 1. The highest BCUT2D eigenvalue weighted by atomic mass is 16.5. The number of carboxylic acids is 1. The molecule has 0 unspecified atom stereocenters. The van der Waals surface area contributed by atoms with Gasteiger partial charge in [-0.05, 0) is 13.0 Å². The molecule has 0 fully saturated rings. The Kier molecular flexibility index (Phi) is 2.81. The van der Waals surface area contributed by atoms with Crippen LogP contribution in [0.1, 0.15) is 21.5 Å². The largest absolute Gasteiger partial charge is 0.495 e. The molecule has 0 amide bonds. The SMILES string of the molecule is COc1c(C(=O)O)cc(C#N)c(N)c1C. The number of carboxylic acid groups (broad SMARTS) is 1. The van der Waals surface area contributed by atoms with Gasteiger partial charge in [0, 0.05) is 5.56 Å². The molecule has 0 bridgehead atoms. The molecule has 5 nitrogen and oxygen atoms in total. The van der Waals surface area contributed by atoms with Gasteiger partial charge in [-0.3, -0.25) is 0 Å². The number of rotatable bonds is 2. The van der Waals surface area contributed by atoms with Gasteiger partial charge < -0.3 is 15.6 Å². The van der Waals surface area contributed by atoms with Crippen LogP contribution in [-0.4, -0.2) is 18.2 Å². The molecule has 3 N–H and O–H groups in total. The average molecular weight is 206 g/mol. The van der Waals surface area contributed by atoms with Gasteiger partial charge in [-0.2, -0.15) is 5.26 Å². The lowest BCUT2D eigenvalue weighted by Gasteiger charge is -2.11. The maximum atomic E-state index is 10.9. The lowest BCUT2D eigenvalue weighted by Crippen LogP contribution is -2.06. The van der Waals surface area contributed by atoms with E-state index in [1.54, 1.807) is 6.92 Å². The molecule has 0 radical (unpaired) electrons. The van der Waals surface area contributed by atoms with Crippen molar-refractivity contribution in [2.75, 3.05) is 12.8 Å². The molecule has 1 aromatic rings. The monoisotopic (exact) mass is 206 g/mol. The first-order chi connectivity index (χ1) is 7.02. The summed E-state index contributed by atoms with van der Waals surface area (Å²) in [6.07, 6.45) is 0. The van der Waals surface area contributed by atoms with Crippen molar-refractivity contribution in [1.82, 2.24) is 0 Å². The van der Waals surface area contributed by atoms with Gasteiger partial charge in [0.1, 0.15) is 17.4 Å². The molecule has 0 aliphatic rings. The third kappa shape index (κ3) is 1.70. The number of aromatic carboxylic acids is 1. The van der Waals surface area contributed by atoms with Crippen LogP contribution in [-0.2, 0) is 0 Å². The number of anilines is 1. The van der Waals surface area contributed by atoms with Crippen molar-refractivity contribution in [3.8, 4) is 11.8 Å². The van der Waals surface area contributed by atoms with E-state index >= 15 is 0 Å². The Morgan fingerprint density at radius 2 is 2.27 bits per heavy atom. The second kappa shape index (κ2) is 3.88. The predicted molar refractivity (Wildman–Crippen MR) is 53.8 cm³/mol. The van der Waals surface area contributed by atoms with Gasteiger partial charge in [0.05, 0.1) is 18.4 Å². The number of hydrogen-bond donors (Lipinski definition) is 2. The molecule has 15 heavy (non-hydrogen) atoms. The summed E-state index contributed by atoms with van der Waals surface area (Å²) < 4.78 is 4.95. The van der Waals surface area contributed by atoms with Crippen LogP contribution in [0.25, 0.3) is 0 Å². The molecule has 0 saturated heterocycles. The van der Waals surface area contributed by atoms with Gasteiger partial charge in [-0.25, -0.2) is 4.79 Å². The predicted octanol–water partition coefficient (Wildman–Crippen LogP) is 1.16. The zero-order chi connectivity index (χ0) is 11.6. The highest BCUT2D eigenvalue weighted by Gasteiger charge is 2.18. The summed E-state index contributed by atoms with van der Waals surface area (Å²) in [4.78, 5) is 10.9. The summed E-state index contributed by atoms with van der Waals surface area (Å²) in [5.41, 5.74) is 6.45. The van der Waals surface area contributed by atoms with Crippen molar-refractivity contribution in [2.45, 2.75) is 6.92 Å². The minimum atomic E-state index is -1.15. The van der Waals surface area contributed by atoms with E-state index in [0.29, 0.717) is 5.56 Å². The first-order valence-electron chi connectivity index (χ1n) is 4.13. The zero-order valence-electron chi connectivity index (χ0n) is 8.37. The summed E-state index contributed by atoms with van der Waals surface area (Å²) in [6.45, 7) is 1.61. The third-order valence-electron chi connectivity index (χ3n) is 2.12. The number of ether oxygens (including phenoxy) is 1. The summed E-state index contributed by atoms with van der Waals surface area (Å²) >= 11 is 0. The Bertz CT molecular complexity index is 461. The van der Waals surface area contributed by atoms with E-state index < -0.39 is 5.97 Å². The normalized spacial score (nSPS) is 9.40. The molecule has 1 rings (SSSR count). The number of hydrogen-bond acceptors (Lipinski definition) is 4. The van der Waals surface area contributed by atoms with Gasteiger partial charge in [0.2, 0.25) is 0 Å². The van der Waals surface area contributed by atoms with Gasteiger partial charge in [-0.1, -0.05) is 0 Å². The highest BCUT2D eigenvalue weighted by Crippen LogP contribution is 2.30. The maximum Gasteiger partial charge on any atom is 0.339 e. The molecule has 0 aromatic heterocycles. The van der Waals surface area contributed by atoms with E-state index in [0.717, 1.165) is 0 Å². The van der Waals surface area contributed by atoms with Gasteiger partial charge in [-0.15, -0.1) is 0 Å². The summed E-state index contributed by atoms with van der Waals surface area (Å²) in [6, 6.07) is 3.05. The second-order valence-corrected chi connectivity index (χ2v) is 2.96. The van der Waals surface area contributed by atoms with Crippen molar-refractivity contribution in [3.63, 3.8) is 0 Å². The van der Waals surface area contributed by atoms with Crippen LogP contribution in [0.3, 0.4) is 0 Å². The Balaban J connectivity index is 3.60. The first-order valence-corrected chi connectivity index (χ1v) is 4.13. The minimum Gasteiger partial charge on any atom is -0.495 e. The highest BCUT2D eigenvalue weighted by molar-refractivity contribution is 5.93. The maximum absolute atomic E-state index is 10.9. The summed E-state index contributed by atoms with van der Waals surface area (Å²) in [7, 11) is 1.36. The minimum absolute atomic E-state index is 0.0549. The molecule has 5 heteroatoms. The number of benzene rings is 1. The third-order valence-corrected chi connectivity index (χ3v) is 2.12. The van der Waals surface area contributed by atoms with Gasteiger partial charge >= 0.3 is 5.97 Å². The number of nitrogens with zero attached hydrogens (tertiary/aromatic N) is 1. The molecular formula is C10H10N2O3. The van der Waals surface area contributed by atoms with E-state index in [2.05, 4.69) is 0 Å². The van der Waals surface area contributed by atoms with Crippen molar-refractivity contribution in [1.29, 1.82) is 5.26 Å². The van der Waals surface area contributed by atoms with Crippen LogP contribution in [0.15, 0.2) is 6.07 Å². The molecule has 0 saturated carbocycles. The fraction of sp³-hybridized carbons (Fsp3) is 0.200. The van der Waals surface area contributed by atoms with Crippen LogP contribution in [0, 0.1) is 18.3 Å². The fourth-order valence-corrected chi connectivity index (χ4v) is 1.33. The van der Waals surface area contributed by atoms with Crippen LogP contribution in [0.2, 0.25) is 0 Å². The van der Waals surface area contributed by atoms with Crippen molar-refractivity contribution >= 4 is 11.7 Å². The lowest BCUT2D eigenvalue weighted by atomic mass is 10.0. The molecule has 0 aliphatic carbocycles. The number of methoxy groups -OCH3 is 1. The van der Waals surface area contributed by atoms with E-state index in [-0.39, 0.29) is 22.6 Å². The fourth-order valence-electron chi connectivity index (χ4n) is 1.33. The van der Waals surface area contributed by atoms with Crippen LogP contribution >= 0.6 is 0 Å². The Morgan fingerprint density at radius 1 is 1.67 bits per heavy atom. The smallest absolute Gasteiger partial charge is 0.339 e. The first kappa shape index (κ1) is 10.9. The number of nitriles is 1. The van der Waals surface area contributed by atoms with Crippen molar-refractivity contribution in [3.05, 3.63) is 22.8 Å². The number of nitrogens with two attached hydrogens (primary N) is 1. The summed E-state index contributed by atoms with van der Waals surface area (Å²) in [5.74, 6) is -0.953. The molecule has 0 spiro atoms. The van der Waals surface area contributed by atoms with Crippen LogP contribution < -0.4 is 10.5 Å². The standard InChI is InChI=1S/C10H10N2O3/c1-5-8(12)6(4-11)3-7(10(13)14)9(5)15-2/h3H,12H2,1-2H3,(H,13,14). The molecule has 1 aromatic carbocycles. The van der Waals surface area contributed by atoms with E-state index in [1.807, 2.05) is 6.07 Å². The Hall–Kier alpha value is -2.22. The van der Waals surface area contributed by atoms with Crippen LogP contribution in [0.4, 0.5) is 5.69 Å². The van der Waals surface area contributed by atoms with Gasteiger partial charge in [0.15, 0.2) is 0 Å². The molecule has 0 aliphatic heterocycles.